The van der Waals surface area contributed by atoms with Crippen LogP contribution in [0.5, 0.6) is 5.75 Å². The Morgan fingerprint density at radius 1 is 1.15 bits per heavy atom. The topological polar surface area (TPSA) is 55.0 Å². The lowest BCUT2D eigenvalue weighted by Gasteiger charge is -2.17. The summed E-state index contributed by atoms with van der Waals surface area (Å²) in [6.45, 7) is 0.475. The number of ketones is 1. The molecule has 4 nitrogen and oxygen atoms in total. The maximum atomic E-state index is 12.0. The smallest absolute Gasteiger partial charge is 0.170 e. The van der Waals surface area contributed by atoms with Gasteiger partial charge in [0.25, 0.3) is 0 Å². The van der Waals surface area contributed by atoms with Gasteiger partial charge in [0.05, 0.1) is 12.2 Å². The van der Waals surface area contributed by atoms with Crippen molar-refractivity contribution in [2.45, 2.75) is 6.42 Å². The molecule has 0 spiro atoms. The molecule has 0 bridgehead atoms. The summed E-state index contributed by atoms with van der Waals surface area (Å²) < 4.78 is 5.52. The molecule has 0 saturated carbocycles. The number of carbonyl (C=O) groups is 1. The van der Waals surface area contributed by atoms with Crippen LogP contribution in [0.25, 0.3) is 22.2 Å². The number of rotatable bonds is 1. The van der Waals surface area contributed by atoms with Crippen molar-refractivity contribution in [3.8, 4) is 16.9 Å². The average molecular weight is 264 g/mol. The number of nitrogens with zero attached hydrogens (tertiary/aromatic N) is 1. The minimum atomic E-state index is 0.146. The number of hydrogen-bond donors (Lipinski definition) is 1. The first-order chi connectivity index (χ1) is 9.83. The Kier molecular flexibility index (Phi) is 2.36. The largest absolute Gasteiger partial charge is 0.492 e. The number of H-pyrrole nitrogens is 1. The van der Waals surface area contributed by atoms with E-state index in [1.54, 1.807) is 6.20 Å². The molecule has 0 fully saturated rings. The SMILES string of the molecule is O=C1CCOc2ccc(-c3ccnc4[nH]ccc34)cc21. The van der Waals surface area contributed by atoms with E-state index in [4.69, 9.17) is 4.74 Å². The van der Waals surface area contributed by atoms with E-state index in [2.05, 4.69) is 9.97 Å². The van der Waals surface area contributed by atoms with Gasteiger partial charge in [-0.05, 0) is 35.4 Å². The van der Waals surface area contributed by atoms with Crippen LogP contribution >= 0.6 is 0 Å². The standard InChI is InChI=1S/C16H12N2O2/c19-14-5-8-20-15-2-1-10(9-13(14)15)11-3-6-17-16-12(11)4-7-18-16/h1-4,6-7,9H,5,8H2,(H,17,18). The fourth-order valence-electron chi connectivity index (χ4n) is 2.64. The molecule has 0 aliphatic carbocycles. The molecular weight excluding hydrogens is 252 g/mol. The predicted octanol–water partition coefficient (Wildman–Crippen LogP) is 3.20. The van der Waals surface area contributed by atoms with Crippen molar-refractivity contribution in [2.75, 3.05) is 6.61 Å². The molecule has 0 amide bonds. The first-order valence-corrected chi connectivity index (χ1v) is 6.55. The lowest BCUT2D eigenvalue weighted by Crippen LogP contribution is -2.15. The van der Waals surface area contributed by atoms with Crippen LogP contribution in [0, 0.1) is 0 Å². The second-order valence-corrected chi connectivity index (χ2v) is 4.83. The molecule has 2 aromatic heterocycles. The molecular formula is C16H12N2O2. The number of benzene rings is 1. The number of aromatic amines is 1. The van der Waals surface area contributed by atoms with Crippen LogP contribution in [-0.4, -0.2) is 22.4 Å². The zero-order valence-corrected chi connectivity index (χ0v) is 10.7. The molecule has 1 aliphatic heterocycles. The Hall–Kier alpha value is -2.62. The van der Waals surface area contributed by atoms with E-state index in [1.165, 1.54) is 0 Å². The van der Waals surface area contributed by atoms with Gasteiger partial charge < -0.3 is 9.72 Å². The van der Waals surface area contributed by atoms with E-state index in [-0.39, 0.29) is 5.78 Å². The van der Waals surface area contributed by atoms with Gasteiger partial charge in [0.15, 0.2) is 5.78 Å². The normalized spacial score (nSPS) is 14.1. The van der Waals surface area contributed by atoms with Gasteiger partial charge in [-0.3, -0.25) is 4.79 Å². The molecule has 98 valence electrons. The molecule has 3 aromatic rings. The van der Waals surface area contributed by atoms with Gasteiger partial charge >= 0.3 is 0 Å². The molecule has 0 atom stereocenters. The highest BCUT2D eigenvalue weighted by atomic mass is 16.5. The third-order valence-electron chi connectivity index (χ3n) is 3.64. The molecule has 0 unspecified atom stereocenters. The Balaban J connectivity index is 1.93. The van der Waals surface area contributed by atoms with Gasteiger partial charge in [0.1, 0.15) is 11.4 Å². The van der Waals surface area contributed by atoms with Gasteiger partial charge in [0.2, 0.25) is 0 Å². The number of hydrogen-bond acceptors (Lipinski definition) is 3. The number of fused-ring (bicyclic) bond motifs is 2. The van der Waals surface area contributed by atoms with Crippen molar-refractivity contribution < 1.29 is 9.53 Å². The fourth-order valence-corrected chi connectivity index (χ4v) is 2.64. The van der Waals surface area contributed by atoms with E-state index < -0.39 is 0 Å². The third kappa shape index (κ3) is 1.61. The monoisotopic (exact) mass is 264 g/mol. The van der Waals surface area contributed by atoms with Crippen molar-refractivity contribution in [3.63, 3.8) is 0 Å². The molecule has 1 aliphatic rings. The van der Waals surface area contributed by atoms with Crippen LogP contribution in [0.1, 0.15) is 16.8 Å². The lowest BCUT2D eigenvalue weighted by molar-refractivity contribution is 0.0933. The number of aromatic nitrogens is 2. The van der Waals surface area contributed by atoms with E-state index in [0.29, 0.717) is 24.3 Å². The second kappa shape index (κ2) is 4.20. The quantitative estimate of drug-likeness (QED) is 0.734. The Morgan fingerprint density at radius 3 is 3.05 bits per heavy atom. The first-order valence-electron chi connectivity index (χ1n) is 6.55. The van der Waals surface area contributed by atoms with Gasteiger partial charge in [0, 0.05) is 24.2 Å². The van der Waals surface area contributed by atoms with Gasteiger partial charge in [-0.2, -0.15) is 0 Å². The summed E-state index contributed by atoms with van der Waals surface area (Å²) in [7, 11) is 0. The molecule has 20 heavy (non-hydrogen) atoms. The Bertz CT molecular complexity index is 820. The predicted molar refractivity (Wildman–Crippen MR) is 76.0 cm³/mol. The highest BCUT2D eigenvalue weighted by Crippen LogP contribution is 2.32. The minimum absolute atomic E-state index is 0.146. The molecule has 4 rings (SSSR count). The Labute approximate surface area is 115 Å². The van der Waals surface area contributed by atoms with Gasteiger partial charge in [-0.15, -0.1) is 0 Å². The van der Waals surface area contributed by atoms with E-state index in [0.717, 1.165) is 22.2 Å². The molecule has 0 radical (unpaired) electrons. The van der Waals surface area contributed by atoms with Crippen molar-refractivity contribution in [3.05, 3.63) is 48.3 Å². The number of carbonyl (C=O) groups excluding carboxylic acids is 1. The van der Waals surface area contributed by atoms with Gasteiger partial charge in [-0.25, -0.2) is 4.98 Å². The average Bonchev–Trinajstić information content (AvgIpc) is 2.96. The maximum Gasteiger partial charge on any atom is 0.170 e. The van der Waals surface area contributed by atoms with Crippen LogP contribution in [0.2, 0.25) is 0 Å². The zero-order chi connectivity index (χ0) is 13.5. The fraction of sp³-hybridized carbons (Fsp3) is 0.125. The van der Waals surface area contributed by atoms with Crippen LogP contribution in [0.15, 0.2) is 42.7 Å². The highest BCUT2D eigenvalue weighted by molar-refractivity contribution is 6.02. The van der Waals surface area contributed by atoms with Crippen molar-refractivity contribution in [1.29, 1.82) is 0 Å². The molecule has 1 aromatic carbocycles. The summed E-state index contributed by atoms with van der Waals surface area (Å²) in [6.07, 6.45) is 4.09. The van der Waals surface area contributed by atoms with Crippen molar-refractivity contribution in [2.24, 2.45) is 0 Å². The molecule has 1 N–H and O–H groups in total. The molecule has 4 heteroatoms. The summed E-state index contributed by atoms with van der Waals surface area (Å²) in [4.78, 5) is 19.4. The van der Waals surface area contributed by atoms with Crippen molar-refractivity contribution >= 4 is 16.8 Å². The summed E-state index contributed by atoms with van der Waals surface area (Å²) in [5.41, 5.74) is 3.60. The van der Waals surface area contributed by atoms with Crippen LogP contribution in [0.4, 0.5) is 0 Å². The number of Topliss-reactive ketones (excluding diaryl/α,β-unsaturated/α-hetero) is 1. The molecule has 0 saturated heterocycles. The number of ether oxygens (including phenoxy) is 1. The van der Waals surface area contributed by atoms with Crippen molar-refractivity contribution in [1.82, 2.24) is 9.97 Å². The third-order valence-corrected chi connectivity index (χ3v) is 3.64. The van der Waals surface area contributed by atoms with Crippen LogP contribution < -0.4 is 4.74 Å². The van der Waals surface area contributed by atoms with Crippen LogP contribution in [-0.2, 0) is 0 Å². The summed E-state index contributed by atoms with van der Waals surface area (Å²) in [5, 5.41) is 1.05. The summed E-state index contributed by atoms with van der Waals surface area (Å²) in [6, 6.07) is 9.74. The van der Waals surface area contributed by atoms with E-state index >= 15 is 0 Å². The zero-order valence-electron chi connectivity index (χ0n) is 10.7. The maximum absolute atomic E-state index is 12.0. The summed E-state index contributed by atoms with van der Waals surface area (Å²) in [5.74, 6) is 0.830. The second-order valence-electron chi connectivity index (χ2n) is 4.83. The van der Waals surface area contributed by atoms with E-state index in [9.17, 15) is 4.79 Å². The van der Waals surface area contributed by atoms with Gasteiger partial charge in [-0.1, -0.05) is 6.07 Å². The minimum Gasteiger partial charge on any atom is -0.492 e. The van der Waals surface area contributed by atoms with E-state index in [1.807, 2.05) is 36.5 Å². The lowest BCUT2D eigenvalue weighted by atomic mass is 9.97. The summed E-state index contributed by atoms with van der Waals surface area (Å²) >= 11 is 0. The number of nitrogens with one attached hydrogen (secondary N) is 1. The molecule has 3 heterocycles. The number of pyridine rings is 1. The Morgan fingerprint density at radius 2 is 2.10 bits per heavy atom. The van der Waals surface area contributed by atoms with Crippen LogP contribution in [0.3, 0.4) is 0 Å². The highest BCUT2D eigenvalue weighted by Gasteiger charge is 2.19. The first kappa shape index (κ1) is 11.2.